The lowest BCUT2D eigenvalue weighted by Crippen LogP contribution is -2.46. The van der Waals surface area contributed by atoms with Crippen LogP contribution in [-0.4, -0.2) is 55.5 Å². The molecule has 2 aromatic carbocycles. The van der Waals surface area contributed by atoms with Gasteiger partial charge in [0.15, 0.2) is 21.4 Å². The van der Waals surface area contributed by atoms with Crippen LogP contribution in [0.4, 0.5) is 10.1 Å². The number of hydrogen-bond acceptors (Lipinski definition) is 8. The van der Waals surface area contributed by atoms with Gasteiger partial charge in [-0.25, -0.2) is 17.6 Å². The second kappa shape index (κ2) is 10.7. The summed E-state index contributed by atoms with van der Waals surface area (Å²) in [4.78, 5) is 27.9. The van der Waals surface area contributed by atoms with Gasteiger partial charge in [-0.3, -0.25) is 4.79 Å². The number of hydrogen-bond donors (Lipinski definition) is 0. The third-order valence-electron chi connectivity index (χ3n) is 7.97. The summed E-state index contributed by atoms with van der Waals surface area (Å²) < 4.78 is 49.9. The van der Waals surface area contributed by atoms with Crippen molar-refractivity contribution in [1.82, 2.24) is 5.16 Å². The molecule has 0 amide bonds. The average Bonchev–Trinajstić information content (AvgIpc) is 3.59. The molecular formula is C29H27Cl2FN2O6S. The molecule has 216 valence electrons. The largest absolute Gasteiger partial charge is 0.458 e. The molecule has 0 radical (unpaired) electrons. The van der Waals surface area contributed by atoms with E-state index in [-0.39, 0.29) is 34.8 Å². The zero-order valence-electron chi connectivity index (χ0n) is 22.1. The van der Waals surface area contributed by atoms with Crippen molar-refractivity contribution in [3.05, 3.63) is 69.1 Å². The van der Waals surface area contributed by atoms with Crippen LogP contribution in [0.25, 0.3) is 11.3 Å². The summed E-state index contributed by atoms with van der Waals surface area (Å²) in [5.74, 6) is -1.88. The summed E-state index contributed by atoms with van der Waals surface area (Å²) in [6, 6.07) is 9.00. The van der Waals surface area contributed by atoms with Gasteiger partial charge in [0.1, 0.15) is 28.9 Å². The third-order valence-corrected chi connectivity index (χ3v) is 9.39. The lowest BCUT2D eigenvalue weighted by molar-refractivity contribution is 0.0202. The van der Waals surface area contributed by atoms with Crippen molar-refractivity contribution in [3.8, 4) is 11.3 Å². The average molecular weight is 622 g/mol. The fourth-order valence-corrected chi connectivity index (χ4v) is 7.28. The number of rotatable bonds is 8. The Morgan fingerprint density at radius 2 is 1.73 bits per heavy atom. The molecule has 2 saturated heterocycles. The van der Waals surface area contributed by atoms with Crippen molar-refractivity contribution in [3.63, 3.8) is 0 Å². The van der Waals surface area contributed by atoms with Crippen LogP contribution in [0.15, 0.2) is 40.9 Å². The Labute approximate surface area is 246 Å². The Hall–Kier alpha value is -2.95. The number of fused-ring (bicyclic) bond motifs is 2. The maximum Gasteiger partial charge on any atom is 0.344 e. The van der Waals surface area contributed by atoms with Gasteiger partial charge in [-0.2, -0.15) is 0 Å². The van der Waals surface area contributed by atoms with Crippen LogP contribution in [0.3, 0.4) is 0 Å². The number of esters is 1. The van der Waals surface area contributed by atoms with Crippen LogP contribution in [0.5, 0.6) is 0 Å². The first kappa shape index (κ1) is 28.2. The SMILES string of the molecule is CS(=O)(=O)CC(=O)c1ccc(N2[C@@H]3CC[C@H]2CC(OC(=O)c2c(-c4c(Cl)cccc4Cl)noc2C2CC2)C3)c(F)c1. The zero-order chi connectivity index (χ0) is 29.1. The Balaban J connectivity index is 1.21. The number of benzene rings is 2. The molecule has 3 atom stereocenters. The second-order valence-corrected chi connectivity index (χ2v) is 14.0. The number of Topliss-reactive ketones (excluding diaryl/α,β-unsaturated/α-hetero) is 1. The predicted octanol–water partition coefficient (Wildman–Crippen LogP) is 6.25. The maximum atomic E-state index is 15.2. The molecule has 1 unspecified atom stereocenters. The molecule has 2 aliphatic heterocycles. The van der Waals surface area contributed by atoms with E-state index in [2.05, 4.69) is 5.16 Å². The van der Waals surface area contributed by atoms with Crippen LogP contribution >= 0.6 is 23.2 Å². The summed E-state index contributed by atoms with van der Waals surface area (Å²) in [7, 11) is -3.53. The van der Waals surface area contributed by atoms with Gasteiger partial charge in [-0.05, 0) is 56.0 Å². The molecule has 3 aromatic rings. The fraction of sp³-hybridized carbons (Fsp3) is 0.414. The zero-order valence-corrected chi connectivity index (χ0v) is 24.4. The van der Waals surface area contributed by atoms with Gasteiger partial charge in [0, 0.05) is 48.2 Å². The van der Waals surface area contributed by atoms with E-state index >= 15 is 4.39 Å². The first-order valence-electron chi connectivity index (χ1n) is 13.4. The van der Waals surface area contributed by atoms with Crippen LogP contribution in [0.2, 0.25) is 10.0 Å². The van der Waals surface area contributed by atoms with Gasteiger partial charge in [-0.1, -0.05) is 34.4 Å². The number of piperidine rings is 1. The molecular weight excluding hydrogens is 594 g/mol. The lowest BCUT2D eigenvalue weighted by Gasteiger charge is -2.40. The van der Waals surface area contributed by atoms with Crippen LogP contribution < -0.4 is 4.90 Å². The quantitative estimate of drug-likeness (QED) is 0.215. The number of anilines is 1. The maximum absolute atomic E-state index is 15.2. The van der Waals surface area contributed by atoms with Crippen molar-refractivity contribution in [2.24, 2.45) is 0 Å². The summed E-state index contributed by atoms with van der Waals surface area (Å²) in [6.45, 7) is 0. The number of sulfone groups is 1. The molecule has 2 bridgehead atoms. The second-order valence-electron chi connectivity index (χ2n) is 11.1. The van der Waals surface area contributed by atoms with Crippen LogP contribution in [-0.2, 0) is 14.6 Å². The number of aromatic nitrogens is 1. The van der Waals surface area contributed by atoms with Gasteiger partial charge >= 0.3 is 5.97 Å². The molecule has 3 heterocycles. The normalized spacial score (nSPS) is 22.1. The minimum absolute atomic E-state index is 0.0162. The van der Waals surface area contributed by atoms with Gasteiger partial charge < -0.3 is 14.2 Å². The highest BCUT2D eigenvalue weighted by molar-refractivity contribution is 7.91. The molecule has 6 rings (SSSR count). The van der Waals surface area contributed by atoms with Crippen molar-refractivity contribution < 1.29 is 31.7 Å². The first-order chi connectivity index (χ1) is 19.5. The molecule has 8 nitrogen and oxygen atoms in total. The fourth-order valence-electron chi connectivity index (χ4n) is 6.06. The Kier molecular flexibility index (Phi) is 7.36. The third kappa shape index (κ3) is 5.61. The Morgan fingerprint density at radius 3 is 2.32 bits per heavy atom. The molecule has 3 aliphatic rings. The molecule has 1 saturated carbocycles. The van der Waals surface area contributed by atoms with E-state index in [4.69, 9.17) is 32.5 Å². The summed E-state index contributed by atoms with van der Waals surface area (Å²) >= 11 is 12.9. The van der Waals surface area contributed by atoms with Gasteiger partial charge in [-0.15, -0.1) is 0 Å². The van der Waals surface area contributed by atoms with Crippen LogP contribution in [0.1, 0.15) is 70.9 Å². The minimum Gasteiger partial charge on any atom is -0.458 e. The first-order valence-corrected chi connectivity index (χ1v) is 16.3. The van der Waals surface area contributed by atoms with Gasteiger partial charge in [0.25, 0.3) is 0 Å². The van der Waals surface area contributed by atoms with Crippen LogP contribution in [0, 0.1) is 5.82 Å². The standard InChI is InChI=1S/C29H27Cl2FN2O6S/c1-41(37,38)14-24(35)16-7-10-23(22(32)11-16)34-17-8-9-18(34)13-19(12-17)39-29(36)26-27(33-40-28(26)15-5-6-15)25-20(30)3-2-4-21(25)31/h2-4,7,10-11,15,17-19H,5-6,8-9,12-14H2,1H3/t17-,18+,19?. The molecule has 0 N–H and O–H groups in total. The monoisotopic (exact) mass is 620 g/mol. The number of halogens is 3. The highest BCUT2D eigenvalue weighted by Crippen LogP contribution is 2.47. The van der Waals surface area contributed by atoms with E-state index < -0.39 is 39.3 Å². The molecule has 3 fully saturated rings. The van der Waals surface area contributed by atoms with E-state index in [0.29, 0.717) is 39.9 Å². The van der Waals surface area contributed by atoms with E-state index in [9.17, 15) is 18.0 Å². The molecule has 0 spiro atoms. The van der Waals surface area contributed by atoms with Gasteiger partial charge in [0.05, 0.1) is 15.7 Å². The van der Waals surface area contributed by atoms with E-state index in [1.165, 1.54) is 12.1 Å². The summed E-state index contributed by atoms with van der Waals surface area (Å²) in [6.07, 6.45) is 4.95. The van der Waals surface area contributed by atoms with Gasteiger partial charge in [0.2, 0.25) is 0 Å². The minimum atomic E-state index is -3.53. The van der Waals surface area contributed by atoms with E-state index in [1.54, 1.807) is 18.2 Å². The number of carbonyl (C=O) groups is 2. The smallest absolute Gasteiger partial charge is 0.344 e. The molecule has 12 heteroatoms. The number of ether oxygens (including phenoxy) is 1. The van der Waals surface area contributed by atoms with Crippen molar-refractivity contribution >= 4 is 50.5 Å². The highest BCUT2D eigenvalue weighted by Gasteiger charge is 2.44. The highest BCUT2D eigenvalue weighted by atomic mass is 35.5. The summed E-state index contributed by atoms with van der Waals surface area (Å²) in [5.41, 5.74) is 1.30. The van der Waals surface area contributed by atoms with Crippen molar-refractivity contribution in [2.75, 3.05) is 16.9 Å². The predicted molar refractivity (Wildman–Crippen MR) is 152 cm³/mol. The van der Waals surface area contributed by atoms with Crippen molar-refractivity contribution in [1.29, 1.82) is 0 Å². The number of carbonyl (C=O) groups excluding carboxylic acids is 2. The topological polar surface area (TPSA) is 107 Å². The van der Waals surface area contributed by atoms with Crippen molar-refractivity contribution in [2.45, 2.75) is 62.6 Å². The molecule has 1 aromatic heterocycles. The Bertz CT molecular complexity index is 1620. The van der Waals surface area contributed by atoms with E-state index in [1.807, 2.05) is 4.90 Å². The number of ketones is 1. The summed E-state index contributed by atoms with van der Waals surface area (Å²) in [5, 5.41) is 4.87. The Morgan fingerprint density at radius 1 is 1.07 bits per heavy atom. The number of nitrogens with zero attached hydrogens (tertiary/aromatic N) is 2. The molecule has 1 aliphatic carbocycles. The lowest BCUT2D eigenvalue weighted by atomic mass is 9.97. The molecule has 41 heavy (non-hydrogen) atoms. The van der Waals surface area contributed by atoms with E-state index in [0.717, 1.165) is 38.0 Å².